The van der Waals surface area contributed by atoms with Gasteiger partial charge in [0.2, 0.25) is 0 Å². The Balaban J connectivity index is 4.96. The van der Waals surface area contributed by atoms with Gasteiger partial charge in [-0.2, -0.15) is 0 Å². The molecule has 0 rings (SSSR count). The van der Waals surface area contributed by atoms with Crippen molar-refractivity contribution in [2.24, 2.45) is 0 Å². The van der Waals surface area contributed by atoms with Gasteiger partial charge in [-0.05, 0) is 45.4 Å². The minimum absolute atomic E-state index is 0.0290. The molecule has 0 aliphatic carbocycles. The Morgan fingerprint density at radius 3 is 1.19 bits per heavy atom. The zero-order valence-electron chi connectivity index (χ0n) is 21.8. The van der Waals surface area contributed by atoms with Crippen molar-refractivity contribution < 1.29 is 9.32 Å². The van der Waals surface area contributed by atoms with Crippen LogP contribution in [0.2, 0.25) is 0 Å². The minimum atomic E-state index is -1.31. The van der Waals surface area contributed by atoms with Gasteiger partial charge in [-0.1, -0.05) is 97.8 Å². The van der Waals surface area contributed by atoms with Crippen molar-refractivity contribution in [3.63, 3.8) is 0 Å². The fourth-order valence-electron chi connectivity index (χ4n) is 4.86. The van der Waals surface area contributed by atoms with E-state index in [0.29, 0.717) is 0 Å². The van der Waals surface area contributed by atoms with Gasteiger partial charge in [0.1, 0.15) is 0 Å². The third-order valence-corrected chi connectivity index (χ3v) is 12.9. The summed E-state index contributed by atoms with van der Waals surface area (Å²) >= 11 is 0. The van der Waals surface area contributed by atoms with Gasteiger partial charge in [0, 0.05) is 7.26 Å². The molecule has 0 saturated carbocycles. The molecule has 0 aromatic carbocycles. The highest BCUT2D eigenvalue weighted by molar-refractivity contribution is 7.77. The minimum Gasteiger partial charge on any atom is -0.449 e. The van der Waals surface area contributed by atoms with Crippen LogP contribution >= 0.6 is 16.7 Å². The molecule has 31 heavy (non-hydrogen) atoms. The molecular weight excluding hydrogens is 418 g/mol. The lowest BCUT2D eigenvalue weighted by atomic mass is 10.1. The van der Waals surface area contributed by atoms with Crippen molar-refractivity contribution >= 4 is 22.7 Å². The van der Waals surface area contributed by atoms with Crippen molar-refractivity contribution in [1.82, 2.24) is 0 Å². The number of carbonyl (C=O) groups excluding carboxylic acids is 1. The average Bonchev–Trinajstić information content (AvgIpc) is 2.79. The molecule has 186 valence electrons. The van der Waals surface area contributed by atoms with Crippen LogP contribution < -0.4 is 0 Å². The second-order valence-corrected chi connectivity index (χ2v) is 14.6. The van der Waals surface area contributed by atoms with E-state index in [1.165, 1.54) is 134 Å². The molecule has 4 heteroatoms. The SMILES string of the molecule is CCCCCCCC[P+](CCCCCCCC)(CCCCCCCC)C(C)C(=O)OP. The lowest BCUT2D eigenvalue weighted by Gasteiger charge is -2.32. The summed E-state index contributed by atoms with van der Waals surface area (Å²) in [4.78, 5) is 12.7. The third kappa shape index (κ3) is 15.7. The Bertz CT molecular complexity index is 360. The lowest BCUT2D eigenvalue weighted by Crippen LogP contribution is -2.27. The molecule has 0 aliphatic rings. The van der Waals surface area contributed by atoms with Crippen LogP contribution in [0.3, 0.4) is 0 Å². The molecule has 0 spiro atoms. The monoisotopic (exact) mass is 475 g/mol. The van der Waals surface area contributed by atoms with E-state index >= 15 is 0 Å². The average molecular weight is 476 g/mol. The van der Waals surface area contributed by atoms with Crippen LogP contribution in [0.5, 0.6) is 0 Å². The van der Waals surface area contributed by atoms with Crippen molar-refractivity contribution in [1.29, 1.82) is 0 Å². The summed E-state index contributed by atoms with van der Waals surface area (Å²) in [5, 5.41) is 0. The Morgan fingerprint density at radius 1 is 0.613 bits per heavy atom. The van der Waals surface area contributed by atoms with E-state index in [2.05, 4.69) is 37.2 Å². The van der Waals surface area contributed by atoms with Gasteiger partial charge < -0.3 is 4.52 Å². The Morgan fingerprint density at radius 2 is 0.903 bits per heavy atom. The largest absolute Gasteiger partial charge is 0.449 e. The van der Waals surface area contributed by atoms with E-state index < -0.39 is 7.26 Å². The Kier molecular flexibility index (Phi) is 22.4. The summed E-state index contributed by atoms with van der Waals surface area (Å²) in [5.41, 5.74) is 0.118. The highest BCUT2D eigenvalue weighted by Gasteiger charge is 2.46. The molecule has 0 aromatic heterocycles. The van der Waals surface area contributed by atoms with Crippen LogP contribution in [-0.4, -0.2) is 30.1 Å². The second-order valence-electron chi connectivity index (χ2n) is 9.81. The maximum absolute atomic E-state index is 12.7. The molecule has 2 nitrogen and oxygen atoms in total. The molecule has 0 N–H and O–H groups in total. The predicted octanol–water partition coefficient (Wildman–Crippen LogP) is 9.81. The number of carbonyl (C=O) groups is 1. The molecule has 0 bridgehead atoms. The summed E-state index contributed by atoms with van der Waals surface area (Å²) in [7, 11) is 0.906. The van der Waals surface area contributed by atoms with E-state index in [4.69, 9.17) is 4.52 Å². The molecule has 0 saturated heterocycles. The van der Waals surface area contributed by atoms with E-state index in [0.717, 1.165) is 0 Å². The summed E-state index contributed by atoms with van der Waals surface area (Å²) in [6.45, 7) is 9.06. The highest BCUT2D eigenvalue weighted by Crippen LogP contribution is 2.65. The van der Waals surface area contributed by atoms with E-state index in [1.54, 1.807) is 0 Å². The van der Waals surface area contributed by atoms with Crippen LogP contribution in [-0.2, 0) is 9.32 Å². The highest BCUT2D eigenvalue weighted by atomic mass is 31.2. The molecular formula is C27H57O2P2+. The van der Waals surface area contributed by atoms with Crippen molar-refractivity contribution in [3.8, 4) is 0 Å². The molecule has 0 aromatic rings. The molecule has 0 heterocycles. The number of unbranched alkanes of at least 4 members (excludes halogenated alkanes) is 15. The first-order chi connectivity index (χ1) is 15.1. The fourth-order valence-corrected chi connectivity index (χ4v) is 10.1. The van der Waals surface area contributed by atoms with Crippen molar-refractivity contribution in [2.45, 2.75) is 149 Å². The molecule has 0 radical (unpaired) electrons. The normalized spacial score (nSPS) is 12.8. The van der Waals surface area contributed by atoms with Crippen LogP contribution in [0.15, 0.2) is 0 Å². The molecule has 0 fully saturated rings. The summed E-state index contributed by atoms with van der Waals surface area (Å²) in [6.07, 6.45) is 28.2. The third-order valence-electron chi connectivity index (χ3n) is 7.15. The van der Waals surface area contributed by atoms with Gasteiger partial charge in [0.05, 0.1) is 28.0 Å². The van der Waals surface area contributed by atoms with Crippen LogP contribution in [0.4, 0.5) is 0 Å². The fraction of sp³-hybridized carbons (Fsp3) is 0.963. The molecule has 2 unspecified atom stereocenters. The van der Waals surface area contributed by atoms with Gasteiger partial charge >= 0.3 is 5.97 Å². The summed E-state index contributed by atoms with van der Waals surface area (Å²) in [6, 6.07) is 0. The van der Waals surface area contributed by atoms with Gasteiger partial charge in [-0.3, -0.25) is 0 Å². The van der Waals surface area contributed by atoms with Gasteiger partial charge in [0.25, 0.3) is 0 Å². The zero-order valence-corrected chi connectivity index (χ0v) is 23.8. The quantitative estimate of drug-likeness (QED) is 0.109. The number of rotatable bonds is 23. The zero-order chi connectivity index (χ0) is 23.2. The van der Waals surface area contributed by atoms with Crippen LogP contribution in [0.1, 0.15) is 143 Å². The van der Waals surface area contributed by atoms with E-state index in [9.17, 15) is 4.79 Å². The molecule has 0 aliphatic heterocycles. The van der Waals surface area contributed by atoms with Crippen molar-refractivity contribution in [3.05, 3.63) is 0 Å². The maximum Gasteiger partial charge on any atom is 0.348 e. The standard InChI is InChI=1S/C27H57O2P2/c1-5-8-11-14-17-20-23-31(26(4)27(28)29-30,24-21-18-15-12-9-6-2)25-22-19-16-13-10-7-3/h26H,5-25,30H2,1-4H3/q+1. The van der Waals surface area contributed by atoms with Gasteiger partial charge in [-0.25, -0.2) is 4.79 Å². The maximum atomic E-state index is 12.7. The summed E-state index contributed by atoms with van der Waals surface area (Å²) < 4.78 is 5.20. The lowest BCUT2D eigenvalue weighted by molar-refractivity contribution is -0.132. The first-order valence-electron chi connectivity index (χ1n) is 13.8. The first kappa shape index (κ1) is 31.3. The second kappa shape index (κ2) is 22.1. The van der Waals surface area contributed by atoms with Crippen LogP contribution in [0.25, 0.3) is 0 Å². The van der Waals surface area contributed by atoms with E-state index in [-0.39, 0.29) is 11.6 Å². The van der Waals surface area contributed by atoms with E-state index in [1.807, 2.05) is 0 Å². The first-order valence-corrected chi connectivity index (χ1v) is 16.7. The van der Waals surface area contributed by atoms with Gasteiger partial charge in [-0.15, -0.1) is 0 Å². The number of hydrogen-bond acceptors (Lipinski definition) is 2. The summed E-state index contributed by atoms with van der Waals surface area (Å²) in [5.74, 6) is 0.0290. The Labute approximate surface area is 199 Å². The molecule has 0 amide bonds. The van der Waals surface area contributed by atoms with Crippen molar-refractivity contribution in [2.75, 3.05) is 18.5 Å². The van der Waals surface area contributed by atoms with Crippen LogP contribution in [0, 0.1) is 0 Å². The molecule has 2 atom stereocenters. The topological polar surface area (TPSA) is 26.3 Å². The van der Waals surface area contributed by atoms with Gasteiger partial charge in [0.15, 0.2) is 5.66 Å². The number of hydrogen-bond donors (Lipinski definition) is 0. The predicted molar refractivity (Wildman–Crippen MR) is 147 cm³/mol. The Hall–Kier alpha value is 0.330. The smallest absolute Gasteiger partial charge is 0.348 e.